The van der Waals surface area contributed by atoms with Gasteiger partial charge in [0.25, 0.3) is 0 Å². The highest BCUT2D eigenvalue weighted by Crippen LogP contribution is 2.34. The first-order valence-electron chi connectivity index (χ1n) is 8.98. The largest absolute Gasteiger partial charge is 0.378 e. The van der Waals surface area contributed by atoms with Crippen LogP contribution in [0.3, 0.4) is 0 Å². The van der Waals surface area contributed by atoms with Crippen molar-refractivity contribution < 1.29 is 4.79 Å². The third-order valence-electron chi connectivity index (χ3n) is 4.61. The van der Waals surface area contributed by atoms with Crippen molar-refractivity contribution in [3.63, 3.8) is 0 Å². The Labute approximate surface area is 157 Å². The Hall–Kier alpha value is -2.55. The first-order valence-corrected chi connectivity index (χ1v) is 8.98. The first-order chi connectivity index (χ1) is 12.3. The Kier molecular flexibility index (Phi) is 6.62. The van der Waals surface area contributed by atoms with Crippen LogP contribution in [-0.2, 0) is 4.79 Å². The van der Waals surface area contributed by atoms with E-state index in [1.807, 2.05) is 42.0 Å². The van der Waals surface area contributed by atoms with E-state index >= 15 is 0 Å². The summed E-state index contributed by atoms with van der Waals surface area (Å²) in [7, 11) is 8.13. The molecule has 0 aromatic heterocycles. The van der Waals surface area contributed by atoms with E-state index in [1.54, 1.807) is 0 Å². The van der Waals surface area contributed by atoms with Gasteiger partial charge in [-0.2, -0.15) is 0 Å². The van der Waals surface area contributed by atoms with Gasteiger partial charge >= 0.3 is 0 Å². The lowest BCUT2D eigenvalue weighted by Gasteiger charge is -2.24. The SMILES string of the molecule is CC(C)=C[C@@H](C=O)C(c1ccc(N(C)C)cc1)c1ccc(N(C)C)cc1. The monoisotopic (exact) mass is 350 g/mol. The summed E-state index contributed by atoms with van der Waals surface area (Å²) in [4.78, 5) is 16.1. The first kappa shape index (κ1) is 19.8. The van der Waals surface area contributed by atoms with Crippen LogP contribution in [0.15, 0.2) is 60.2 Å². The van der Waals surface area contributed by atoms with Crippen molar-refractivity contribution in [3.05, 3.63) is 71.3 Å². The van der Waals surface area contributed by atoms with E-state index < -0.39 is 0 Å². The zero-order valence-corrected chi connectivity index (χ0v) is 16.7. The lowest BCUT2D eigenvalue weighted by atomic mass is 9.80. The van der Waals surface area contributed by atoms with E-state index in [1.165, 1.54) is 0 Å². The Bertz CT molecular complexity index is 687. The Morgan fingerprint density at radius 2 is 1.15 bits per heavy atom. The minimum absolute atomic E-state index is 0.00910. The quantitative estimate of drug-likeness (QED) is 0.533. The molecule has 0 heterocycles. The number of hydrogen-bond donors (Lipinski definition) is 0. The molecule has 3 nitrogen and oxygen atoms in total. The van der Waals surface area contributed by atoms with Gasteiger partial charge < -0.3 is 14.6 Å². The maximum Gasteiger partial charge on any atom is 0.127 e. The van der Waals surface area contributed by atoms with Gasteiger partial charge in [-0.3, -0.25) is 0 Å². The molecule has 0 aliphatic carbocycles. The van der Waals surface area contributed by atoms with Gasteiger partial charge in [-0.15, -0.1) is 0 Å². The van der Waals surface area contributed by atoms with Crippen LogP contribution in [0.25, 0.3) is 0 Å². The maximum absolute atomic E-state index is 11.9. The second kappa shape index (κ2) is 8.70. The number of hydrogen-bond acceptors (Lipinski definition) is 3. The molecule has 0 amide bonds. The topological polar surface area (TPSA) is 23.6 Å². The van der Waals surface area contributed by atoms with Gasteiger partial charge in [0.2, 0.25) is 0 Å². The Morgan fingerprint density at radius 1 is 0.769 bits per heavy atom. The number of allylic oxidation sites excluding steroid dienone is 2. The molecule has 0 aliphatic heterocycles. The molecule has 0 spiro atoms. The summed E-state index contributed by atoms with van der Waals surface area (Å²) in [5.74, 6) is -0.176. The fourth-order valence-corrected chi connectivity index (χ4v) is 3.20. The van der Waals surface area contributed by atoms with Crippen LogP contribution in [0, 0.1) is 5.92 Å². The number of rotatable bonds is 7. The summed E-state index contributed by atoms with van der Waals surface area (Å²) in [5, 5.41) is 0. The molecule has 2 aromatic rings. The minimum atomic E-state index is -0.185. The molecule has 0 unspecified atom stereocenters. The molecule has 0 N–H and O–H groups in total. The fourth-order valence-electron chi connectivity index (χ4n) is 3.20. The van der Waals surface area contributed by atoms with Gasteiger partial charge in [-0.25, -0.2) is 0 Å². The number of carbonyl (C=O) groups excluding carboxylic acids is 1. The molecule has 0 fully saturated rings. The summed E-state index contributed by atoms with van der Waals surface area (Å²) < 4.78 is 0. The number of nitrogens with zero attached hydrogens (tertiary/aromatic N) is 2. The maximum atomic E-state index is 11.9. The molecule has 2 rings (SSSR count). The van der Waals surface area contributed by atoms with E-state index in [4.69, 9.17) is 0 Å². The highest BCUT2D eigenvalue weighted by Gasteiger charge is 2.23. The van der Waals surface area contributed by atoms with Crippen molar-refractivity contribution in [1.82, 2.24) is 0 Å². The fraction of sp³-hybridized carbons (Fsp3) is 0.348. The van der Waals surface area contributed by atoms with E-state index in [2.05, 4.69) is 64.4 Å². The number of anilines is 2. The highest BCUT2D eigenvalue weighted by molar-refractivity contribution is 5.62. The summed E-state index contributed by atoms with van der Waals surface area (Å²) in [6.45, 7) is 4.08. The molecule has 0 bridgehead atoms. The van der Waals surface area contributed by atoms with Crippen LogP contribution >= 0.6 is 0 Å². The molecule has 0 saturated carbocycles. The van der Waals surface area contributed by atoms with Crippen molar-refractivity contribution in [1.29, 1.82) is 0 Å². The second-order valence-corrected chi connectivity index (χ2v) is 7.41. The summed E-state index contributed by atoms with van der Waals surface area (Å²) >= 11 is 0. The Balaban J connectivity index is 2.50. The number of carbonyl (C=O) groups is 1. The zero-order valence-electron chi connectivity index (χ0n) is 16.7. The number of aldehydes is 1. The normalized spacial score (nSPS) is 11.8. The van der Waals surface area contributed by atoms with Gasteiger partial charge in [-0.1, -0.05) is 35.9 Å². The third-order valence-corrected chi connectivity index (χ3v) is 4.61. The molecule has 26 heavy (non-hydrogen) atoms. The molecule has 1 atom stereocenters. The predicted octanol–water partition coefficient (Wildman–Crippen LogP) is 4.73. The number of benzene rings is 2. The second-order valence-electron chi connectivity index (χ2n) is 7.41. The summed E-state index contributed by atoms with van der Waals surface area (Å²) in [5.41, 5.74) is 5.77. The van der Waals surface area contributed by atoms with Crippen LogP contribution in [0.4, 0.5) is 11.4 Å². The lowest BCUT2D eigenvalue weighted by molar-refractivity contribution is -0.110. The third kappa shape index (κ3) is 4.75. The van der Waals surface area contributed by atoms with Crippen LogP contribution < -0.4 is 9.80 Å². The van der Waals surface area contributed by atoms with E-state index in [0.29, 0.717) is 0 Å². The van der Waals surface area contributed by atoms with Crippen molar-refractivity contribution in [2.75, 3.05) is 38.0 Å². The molecule has 138 valence electrons. The van der Waals surface area contributed by atoms with E-state index in [0.717, 1.165) is 34.4 Å². The van der Waals surface area contributed by atoms with Crippen molar-refractivity contribution in [3.8, 4) is 0 Å². The van der Waals surface area contributed by atoms with Crippen LogP contribution in [0.5, 0.6) is 0 Å². The van der Waals surface area contributed by atoms with Gasteiger partial charge in [0.1, 0.15) is 6.29 Å². The molecule has 2 aromatic carbocycles. The molecule has 0 radical (unpaired) electrons. The highest BCUT2D eigenvalue weighted by atomic mass is 16.1. The molecular weight excluding hydrogens is 320 g/mol. The van der Waals surface area contributed by atoms with Crippen LogP contribution in [0.1, 0.15) is 30.9 Å². The van der Waals surface area contributed by atoms with Crippen molar-refractivity contribution in [2.45, 2.75) is 19.8 Å². The van der Waals surface area contributed by atoms with Crippen LogP contribution in [0.2, 0.25) is 0 Å². The molecule has 3 heteroatoms. The van der Waals surface area contributed by atoms with Gasteiger partial charge in [0.15, 0.2) is 0 Å². The van der Waals surface area contributed by atoms with Crippen molar-refractivity contribution in [2.24, 2.45) is 5.92 Å². The lowest BCUT2D eigenvalue weighted by Crippen LogP contribution is -2.16. The van der Waals surface area contributed by atoms with Crippen LogP contribution in [-0.4, -0.2) is 34.5 Å². The zero-order chi connectivity index (χ0) is 19.3. The molecular formula is C23H30N2O. The van der Waals surface area contributed by atoms with E-state index in [9.17, 15) is 4.79 Å². The van der Waals surface area contributed by atoms with Gasteiger partial charge in [0.05, 0.1) is 0 Å². The minimum Gasteiger partial charge on any atom is -0.378 e. The standard InChI is InChI=1S/C23H30N2O/c1-17(2)15-20(16-26)23(18-7-11-21(12-8-18)24(3)4)19-9-13-22(14-10-19)25(5)6/h7-16,20,23H,1-6H3/t20-/m0/s1. The average Bonchev–Trinajstić information content (AvgIpc) is 2.61. The molecule has 0 saturated heterocycles. The van der Waals surface area contributed by atoms with E-state index in [-0.39, 0.29) is 11.8 Å². The van der Waals surface area contributed by atoms with Gasteiger partial charge in [-0.05, 0) is 49.2 Å². The van der Waals surface area contributed by atoms with Crippen molar-refractivity contribution >= 4 is 17.7 Å². The molecule has 0 aliphatic rings. The smallest absolute Gasteiger partial charge is 0.127 e. The summed E-state index contributed by atoms with van der Waals surface area (Å²) in [6.07, 6.45) is 3.13. The summed E-state index contributed by atoms with van der Waals surface area (Å²) in [6, 6.07) is 17.0. The average molecular weight is 351 g/mol. The predicted molar refractivity (Wildman–Crippen MR) is 112 cm³/mol. The Morgan fingerprint density at radius 3 is 1.42 bits per heavy atom. The van der Waals surface area contributed by atoms with Gasteiger partial charge in [0, 0.05) is 51.4 Å².